The molecule has 21 heavy (non-hydrogen) atoms. The van der Waals surface area contributed by atoms with E-state index in [0.717, 1.165) is 12.8 Å². The number of aryl methyl sites for hydroxylation is 2. The van der Waals surface area contributed by atoms with Crippen molar-refractivity contribution in [1.29, 1.82) is 0 Å². The van der Waals surface area contributed by atoms with Gasteiger partial charge in [0.05, 0.1) is 7.11 Å². The standard InChI is InChI=1S/C18H22FNO/c1-13-6-3-4-7-14(13)10-11-16(20)12-15-8-5-9-17(21-2)18(15)19/h3-9,16H,10-12,20H2,1-2H3. The molecule has 1 atom stereocenters. The summed E-state index contributed by atoms with van der Waals surface area (Å²) >= 11 is 0. The smallest absolute Gasteiger partial charge is 0.168 e. The van der Waals surface area contributed by atoms with Crippen LogP contribution in [0.25, 0.3) is 0 Å². The molecule has 0 saturated heterocycles. The number of hydrogen-bond donors (Lipinski definition) is 1. The van der Waals surface area contributed by atoms with Crippen LogP contribution in [0.1, 0.15) is 23.1 Å². The largest absolute Gasteiger partial charge is 0.494 e. The van der Waals surface area contributed by atoms with Crippen LogP contribution in [0, 0.1) is 12.7 Å². The van der Waals surface area contributed by atoms with Crippen LogP contribution in [-0.4, -0.2) is 13.2 Å². The summed E-state index contributed by atoms with van der Waals surface area (Å²) in [4.78, 5) is 0. The zero-order valence-corrected chi connectivity index (χ0v) is 12.6. The Labute approximate surface area is 125 Å². The Morgan fingerprint density at radius 1 is 1.10 bits per heavy atom. The molecule has 0 aliphatic rings. The lowest BCUT2D eigenvalue weighted by molar-refractivity contribution is 0.383. The molecule has 2 N–H and O–H groups in total. The molecule has 2 aromatic carbocycles. The van der Waals surface area contributed by atoms with Crippen LogP contribution in [-0.2, 0) is 12.8 Å². The molecule has 0 saturated carbocycles. The van der Waals surface area contributed by atoms with E-state index in [1.165, 1.54) is 18.2 Å². The van der Waals surface area contributed by atoms with Crippen molar-refractivity contribution in [3.05, 3.63) is 65.0 Å². The van der Waals surface area contributed by atoms with E-state index < -0.39 is 0 Å². The average molecular weight is 287 g/mol. The normalized spacial score (nSPS) is 12.2. The van der Waals surface area contributed by atoms with Gasteiger partial charge in [0.1, 0.15) is 0 Å². The predicted octanol–water partition coefficient (Wildman–Crippen LogP) is 3.65. The second-order valence-corrected chi connectivity index (χ2v) is 5.36. The first-order valence-corrected chi connectivity index (χ1v) is 7.23. The van der Waals surface area contributed by atoms with Crippen LogP contribution >= 0.6 is 0 Å². The van der Waals surface area contributed by atoms with Crippen LogP contribution in [0.5, 0.6) is 5.75 Å². The highest BCUT2D eigenvalue weighted by Gasteiger charge is 2.12. The van der Waals surface area contributed by atoms with Gasteiger partial charge in [-0.3, -0.25) is 0 Å². The molecule has 3 heteroatoms. The van der Waals surface area contributed by atoms with Gasteiger partial charge in [-0.2, -0.15) is 0 Å². The van der Waals surface area contributed by atoms with Crippen molar-refractivity contribution in [3.8, 4) is 5.75 Å². The third-order valence-corrected chi connectivity index (χ3v) is 3.79. The summed E-state index contributed by atoms with van der Waals surface area (Å²) in [6.07, 6.45) is 2.27. The second-order valence-electron chi connectivity index (χ2n) is 5.36. The quantitative estimate of drug-likeness (QED) is 0.880. The van der Waals surface area contributed by atoms with Gasteiger partial charge in [-0.05, 0) is 48.9 Å². The maximum atomic E-state index is 14.1. The number of halogens is 1. The van der Waals surface area contributed by atoms with Crippen LogP contribution in [0.3, 0.4) is 0 Å². The zero-order chi connectivity index (χ0) is 15.2. The highest BCUT2D eigenvalue weighted by Crippen LogP contribution is 2.21. The van der Waals surface area contributed by atoms with Crippen molar-refractivity contribution in [2.45, 2.75) is 32.2 Å². The molecule has 0 aliphatic carbocycles. The molecular formula is C18H22FNO. The summed E-state index contributed by atoms with van der Waals surface area (Å²) in [5.41, 5.74) is 9.35. The topological polar surface area (TPSA) is 35.2 Å². The average Bonchev–Trinajstić information content (AvgIpc) is 2.48. The molecule has 0 fully saturated rings. The summed E-state index contributed by atoms with van der Waals surface area (Å²) < 4.78 is 19.1. The molecule has 0 bridgehead atoms. The van der Waals surface area contributed by atoms with Gasteiger partial charge in [-0.1, -0.05) is 36.4 Å². The van der Waals surface area contributed by atoms with E-state index in [2.05, 4.69) is 19.1 Å². The van der Waals surface area contributed by atoms with Crippen LogP contribution in [0.15, 0.2) is 42.5 Å². The molecule has 2 rings (SSSR count). The third kappa shape index (κ3) is 4.05. The fraction of sp³-hybridized carbons (Fsp3) is 0.333. The minimum absolute atomic E-state index is 0.0637. The Hall–Kier alpha value is -1.87. The number of rotatable bonds is 6. The Kier molecular flexibility index (Phi) is 5.34. The molecule has 0 spiro atoms. The van der Waals surface area contributed by atoms with Crippen molar-refractivity contribution in [2.24, 2.45) is 5.73 Å². The van der Waals surface area contributed by atoms with E-state index in [1.54, 1.807) is 18.2 Å². The van der Waals surface area contributed by atoms with E-state index >= 15 is 0 Å². The van der Waals surface area contributed by atoms with Gasteiger partial charge in [0.15, 0.2) is 11.6 Å². The number of ether oxygens (including phenoxy) is 1. The highest BCUT2D eigenvalue weighted by molar-refractivity contribution is 5.31. The van der Waals surface area contributed by atoms with E-state index in [-0.39, 0.29) is 17.6 Å². The summed E-state index contributed by atoms with van der Waals surface area (Å²) in [5, 5.41) is 0. The Balaban J connectivity index is 1.96. The Morgan fingerprint density at radius 3 is 2.52 bits per heavy atom. The molecule has 112 valence electrons. The fourth-order valence-electron chi connectivity index (χ4n) is 2.49. The zero-order valence-electron chi connectivity index (χ0n) is 12.6. The maximum absolute atomic E-state index is 14.1. The van der Waals surface area contributed by atoms with E-state index in [9.17, 15) is 4.39 Å². The lowest BCUT2D eigenvalue weighted by atomic mass is 9.97. The Bertz CT molecular complexity index is 598. The fourth-order valence-corrected chi connectivity index (χ4v) is 2.49. The first-order valence-electron chi connectivity index (χ1n) is 7.23. The Morgan fingerprint density at radius 2 is 1.81 bits per heavy atom. The van der Waals surface area contributed by atoms with E-state index in [0.29, 0.717) is 12.0 Å². The molecule has 0 radical (unpaired) electrons. The number of hydrogen-bond acceptors (Lipinski definition) is 2. The second kappa shape index (κ2) is 7.23. The molecule has 2 aromatic rings. The van der Waals surface area contributed by atoms with E-state index in [4.69, 9.17) is 10.5 Å². The molecule has 0 aliphatic heterocycles. The van der Waals surface area contributed by atoms with Crippen molar-refractivity contribution in [3.63, 3.8) is 0 Å². The predicted molar refractivity (Wildman–Crippen MR) is 84.1 cm³/mol. The lowest BCUT2D eigenvalue weighted by Crippen LogP contribution is -2.24. The maximum Gasteiger partial charge on any atom is 0.168 e. The SMILES string of the molecule is COc1cccc(CC(N)CCc2ccccc2C)c1F. The number of nitrogens with two attached hydrogens (primary N) is 1. The van der Waals surface area contributed by atoms with Crippen molar-refractivity contribution in [2.75, 3.05) is 7.11 Å². The highest BCUT2D eigenvalue weighted by atomic mass is 19.1. The van der Waals surface area contributed by atoms with Gasteiger partial charge in [0, 0.05) is 6.04 Å². The number of methoxy groups -OCH3 is 1. The molecule has 0 heterocycles. The van der Waals surface area contributed by atoms with Crippen LogP contribution < -0.4 is 10.5 Å². The van der Waals surface area contributed by atoms with Crippen LogP contribution in [0.4, 0.5) is 4.39 Å². The molecule has 0 amide bonds. The van der Waals surface area contributed by atoms with Gasteiger partial charge in [0.25, 0.3) is 0 Å². The summed E-state index contributed by atoms with van der Waals surface area (Å²) in [6, 6.07) is 13.4. The lowest BCUT2D eigenvalue weighted by Gasteiger charge is -2.14. The minimum atomic E-state index is -0.300. The minimum Gasteiger partial charge on any atom is -0.494 e. The number of benzene rings is 2. The van der Waals surface area contributed by atoms with Gasteiger partial charge >= 0.3 is 0 Å². The van der Waals surface area contributed by atoms with Gasteiger partial charge in [-0.15, -0.1) is 0 Å². The van der Waals surface area contributed by atoms with Crippen molar-refractivity contribution in [1.82, 2.24) is 0 Å². The summed E-state index contributed by atoms with van der Waals surface area (Å²) in [5.74, 6) is -0.0232. The van der Waals surface area contributed by atoms with Gasteiger partial charge < -0.3 is 10.5 Å². The summed E-state index contributed by atoms with van der Waals surface area (Å²) in [6.45, 7) is 2.10. The van der Waals surface area contributed by atoms with Crippen LogP contribution in [0.2, 0.25) is 0 Å². The molecule has 0 aromatic heterocycles. The first-order chi connectivity index (χ1) is 10.1. The van der Waals surface area contributed by atoms with E-state index in [1.807, 2.05) is 12.1 Å². The molecular weight excluding hydrogens is 265 g/mol. The van der Waals surface area contributed by atoms with Gasteiger partial charge in [-0.25, -0.2) is 4.39 Å². The monoisotopic (exact) mass is 287 g/mol. The van der Waals surface area contributed by atoms with Crippen molar-refractivity contribution < 1.29 is 9.13 Å². The summed E-state index contributed by atoms with van der Waals surface area (Å²) in [7, 11) is 1.47. The van der Waals surface area contributed by atoms with Crippen molar-refractivity contribution >= 4 is 0 Å². The first kappa shape index (κ1) is 15.5. The third-order valence-electron chi connectivity index (χ3n) is 3.79. The van der Waals surface area contributed by atoms with Gasteiger partial charge in [0.2, 0.25) is 0 Å². The molecule has 2 nitrogen and oxygen atoms in total. The molecule has 1 unspecified atom stereocenters.